The molecular formula is C54H34. The Balaban J connectivity index is 1.11. The van der Waals surface area contributed by atoms with Crippen LogP contribution in [-0.4, -0.2) is 0 Å². The summed E-state index contributed by atoms with van der Waals surface area (Å²) < 4.78 is 0. The maximum atomic E-state index is 2.35. The second kappa shape index (κ2) is 12.3. The van der Waals surface area contributed by atoms with Gasteiger partial charge in [0.2, 0.25) is 0 Å². The number of benzene rings is 11. The van der Waals surface area contributed by atoms with E-state index in [-0.39, 0.29) is 0 Å². The Bertz CT molecular complexity index is 2920. The number of hydrogen-bond acceptors (Lipinski definition) is 0. The van der Waals surface area contributed by atoms with Crippen LogP contribution in [0.5, 0.6) is 0 Å². The summed E-state index contributed by atoms with van der Waals surface area (Å²) in [5.41, 5.74) is 10.1. The lowest BCUT2D eigenvalue weighted by Crippen LogP contribution is -1.92. The highest BCUT2D eigenvalue weighted by Gasteiger charge is 2.19. The standard InChI is InChI=1S/C54H34/c1-3-15-39-33-41(31-25-35(39)13-1)53-47-21-9-5-17-43(47)51(44-18-6-10-22-48(44)53)37-27-29-38(30-28-37)52-45-19-7-11-23-49(45)54(50-24-12-8-20-46(50)52)42-32-26-36-14-2-4-16-40(36)34-42/h1-34H. The van der Waals surface area contributed by atoms with E-state index in [2.05, 4.69) is 206 Å². The van der Waals surface area contributed by atoms with Gasteiger partial charge in [-0.3, -0.25) is 0 Å². The largest absolute Gasteiger partial charge is 0.0616 e. The molecule has 0 bridgehead atoms. The van der Waals surface area contributed by atoms with Gasteiger partial charge in [-0.2, -0.15) is 0 Å². The van der Waals surface area contributed by atoms with E-state index in [9.17, 15) is 0 Å². The van der Waals surface area contributed by atoms with Gasteiger partial charge in [0.1, 0.15) is 0 Å². The number of hydrogen-bond donors (Lipinski definition) is 0. The Morgan fingerprint density at radius 2 is 0.389 bits per heavy atom. The highest BCUT2D eigenvalue weighted by Crippen LogP contribution is 2.47. The van der Waals surface area contributed by atoms with Gasteiger partial charge in [-0.25, -0.2) is 0 Å². The lowest BCUT2D eigenvalue weighted by atomic mass is 9.84. The summed E-state index contributed by atoms with van der Waals surface area (Å²) in [5, 5.41) is 15.2. The average Bonchev–Trinajstić information content (AvgIpc) is 3.24. The molecule has 0 aliphatic heterocycles. The summed E-state index contributed by atoms with van der Waals surface area (Å²) >= 11 is 0. The molecule has 0 fully saturated rings. The monoisotopic (exact) mass is 682 g/mol. The fourth-order valence-electron chi connectivity index (χ4n) is 8.99. The molecule has 0 aromatic heterocycles. The molecule has 0 atom stereocenters. The van der Waals surface area contributed by atoms with Gasteiger partial charge in [-0.15, -0.1) is 0 Å². The van der Waals surface area contributed by atoms with E-state index in [0.29, 0.717) is 0 Å². The van der Waals surface area contributed by atoms with Gasteiger partial charge in [-0.1, -0.05) is 194 Å². The highest BCUT2D eigenvalue weighted by atomic mass is 14.2. The van der Waals surface area contributed by atoms with Gasteiger partial charge >= 0.3 is 0 Å². The molecule has 0 heteroatoms. The molecule has 0 saturated heterocycles. The molecule has 0 nitrogen and oxygen atoms in total. The summed E-state index contributed by atoms with van der Waals surface area (Å²) in [7, 11) is 0. The third-order valence-corrected chi connectivity index (χ3v) is 11.4. The third-order valence-electron chi connectivity index (χ3n) is 11.4. The van der Waals surface area contributed by atoms with Crippen LogP contribution in [0.2, 0.25) is 0 Å². The first-order chi connectivity index (χ1) is 26.8. The van der Waals surface area contributed by atoms with Crippen molar-refractivity contribution >= 4 is 64.6 Å². The van der Waals surface area contributed by atoms with E-state index in [1.807, 2.05) is 0 Å². The molecule has 0 spiro atoms. The first kappa shape index (κ1) is 30.6. The zero-order valence-corrected chi connectivity index (χ0v) is 29.6. The molecular weight excluding hydrogens is 649 g/mol. The third kappa shape index (κ3) is 4.78. The minimum atomic E-state index is 1.22. The summed E-state index contributed by atoms with van der Waals surface area (Å²) in [6.45, 7) is 0. The Labute approximate surface area is 314 Å². The Morgan fingerprint density at radius 1 is 0.167 bits per heavy atom. The van der Waals surface area contributed by atoms with E-state index in [4.69, 9.17) is 0 Å². The van der Waals surface area contributed by atoms with Crippen LogP contribution < -0.4 is 0 Å². The van der Waals surface area contributed by atoms with E-state index in [1.54, 1.807) is 0 Å². The quantitative estimate of drug-likeness (QED) is 0.162. The van der Waals surface area contributed by atoms with Crippen molar-refractivity contribution in [3.8, 4) is 44.5 Å². The second-order valence-corrected chi connectivity index (χ2v) is 14.4. The summed E-state index contributed by atoms with van der Waals surface area (Å²) in [6.07, 6.45) is 0. The molecule has 0 amide bonds. The smallest absolute Gasteiger partial charge is 0.00262 e. The minimum Gasteiger partial charge on any atom is -0.0616 e. The SMILES string of the molecule is c1ccc2cc(-c3c4ccccc4c(-c4ccc(-c5c6ccccc6c(-c6ccc7ccccc7c6)c6ccccc56)cc4)c4ccccc34)ccc2c1. The molecule has 11 rings (SSSR count). The predicted octanol–water partition coefficient (Wildman–Crippen LogP) is 15.3. The molecule has 0 saturated carbocycles. The average molecular weight is 683 g/mol. The van der Waals surface area contributed by atoms with Crippen LogP contribution in [0, 0.1) is 0 Å². The van der Waals surface area contributed by atoms with Crippen molar-refractivity contribution < 1.29 is 0 Å². The lowest BCUT2D eigenvalue weighted by Gasteiger charge is -2.19. The molecule has 0 N–H and O–H groups in total. The molecule has 11 aromatic rings. The Morgan fingerprint density at radius 3 is 0.685 bits per heavy atom. The molecule has 0 heterocycles. The molecule has 0 radical (unpaired) electrons. The van der Waals surface area contributed by atoms with E-state index >= 15 is 0 Å². The molecule has 11 aromatic carbocycles. The van der Waals surface area contributed by atoms with Crippen molar-refractivity contribution in [3.05, 3.63) is 206 Å². The van der Waals surface area contributed by atoms with Crippen LogP contribution in [-0.2, 0) is 0 Å². The topological polar surface area (TPSA) is 0 Å². The zero-order valence-electron chi connectivity index (χ0n) is 29.6. The Kier molecular flexibility index (Phi) is 6.97. The van der Waals surface area contributed by atoms with E-state index < -0.39 is 0 Å². The van der Waals surface area contributed by atoms with Crippen molar-refractivity contribution in [3.63, 3.8) is 0 Å². The van der Waals surface area contributed by atoms with Gasteiger partial charge in [0.15, 0.2) is 0 Å². The first-order valence-corrected chi connectivity index (χ1v) is 18.8. The van der Waals surface area contributed by atoms with Crippen LogP contribution in [0.3, 0.4) is 0 Å². The normalized spacial score (nSPS) is 11.7. The van der Waals surface area contributed by atoms with Crippen LogP contribution in [0.15, 0.2) is 206 Å². The summed E-state index contributed by atoms with van der Waals surface area (Å²) in [4.78, 5) is 0. The van der Waals surface area contributed by atoms with Gasteiger partial charge in [-0.05, 0) is 121 Å². The predicted molar refractivity (Wildman–Crippen MR) is 233 cm³/mol. The number of rotatable bonds is 4. The van der Waals surface area contributed by atoms with Crippen LogP contribution in [0.4, 0.5) is 0 Å². The minimum absolute atomic E-state index is 1.22. The number of fused-ring (bicyclic) bond motifs is 6. The van der Waals surface area contributed by atoms with Gasteiger partial charge < -0.3 is 0 Å². The zero-order chi connectivity index (χ0) is 35.6. The highest BCUT2D eigenvalue weighted by molar-refractivity contribution is 6.23. The summed E-state index contributed by atoms with van der Waals surface area (Å²) in [6, 6.07) is 76.1. The molecule has 0 unspecified atom stereocenters. The fourth-order valence-corrected chi connectivity index (χ4v) is 8.99. The van der Waals surface area contributed by atoms with Crippen molar-refractivity contribution in [2.24, 2.45) is 0 Å². The molecule has 250 valence electrons. The van der Waals surface area contributed by atoms with Crippen LogP contribution in [0.25, 0.3) is 109 Å². The fraction of sp³-hybridized carbons (Fsp3) is 0. The summed E-state index contributed by atoms with van der Waals surface area (Å²) in [5.74, 6) is 0. The van der Waals surface area contributed by atoms with Crippen molar-refractivity contribution in [2.45, 2.75) is 0 Å². The van der Waals surface area contributed by atoms with E-state index in [0.717, 1.165) is 0 Å². The molecule has 0 aliphatic rings. The van der Waals surface area contributed by atoms with E-state index in [1.165, 1.54) is 109 Å². The van der Waals surface area contributed by atoms with Gasteiger partial charge in [0.25, 0.3) is 0 Å². The van der Waals surface area contributed by atoms with Crippen LogP contribution >= 0.6 is 0 Å². The second-order valence-electron chi connectivity index (χ2n) is 14.4. The van der Waals surface area contributed by atoms with Crippen molar-refractivity contribution in [2.75, 3.05) is 0 Å². The lowest BCUT2D eigenvalue weighted by molar-refractivity contribution is 1.64. The van der Waals surface area contributed by atoms with Crippen molar-refractivity contribution in [1.29, 1.82) is 0 Å². The molecule has 0 aliphatic carbocycles. The maximum absolute atomic E-state index is 2.35. The first-order valence-electron chi connectivity index (χ1n) is 18.8. The van der Waals surface area contributed by atoms with Gasteiger partial charge in [0.05, 0.1) is 0 Å². The molecule has 54 heavy (non-hydrogen) atoms. The maximum Gasteiger partial charge on any atom is -0.00262 e. The van der Waals surface area contributed by atoms with Crippen molar-refractivity contribution in [1.82, 2.24) is 0 Å². The van der Waals surface area contributed by atoms with Crippen LogP contribution in [0.1, 0.15) is 0 Å². The van der Waals surface area contributed by atoms with Gasteiger partial charge in [0, 0.05) is 0 Å². The Hall–Kier alpha value is -7.02.